The molecule has 1 atom stereocenters. The van der Waals surface area contributed by atoms with Gasteiger partial charge in [0.15, 0.2) is 5.82 Å². The number of rotatable bonds is 4. The average Bonchev–Trinajstić information content (AvgIpc) is 2.70. The number of anilines is 1. The molecule has 21 heavy (non-hydrogen) atoms. The fourth-order valence-electron chi connectivity index (χ4n) is 2.13. The molecule has 2 aromatic heterocycles. The van der Waals surface area contributed by atoms with Crippen LogP contribution in [0.2, 0.25) is 0 Å². The molecule has 116 valence electrons. The van der Waals surface area contributed by atoms with Gasteiger partial charge in [-0.05, 0) is 13.0 Å². The van der Waals surface area contributed by atoms with Crippen molar-refractivity contribution in [1.82, 2.24) is 14.6 Å². The fraction of sp³-hybridized carbons (Fsp3) is 0.571. The van der Waals surface area contributed by atoms with Gasteiger partial charge in [0, 0.05) is 30.1 Å². The summed E-state index contributed by atoms with van der Waals surface area (Å²) in [5.41, 5.74) is 1.76. The average molecular weight is 310 g/mol. The zero-order valence-electron chi connectivity index (χ0n) is 13.1. The van der Waals surface area contributed by atoms with Gasteiger partial charge in [-0.1, -0.05) is 20.8 Å². The van der Waals surface area contributed by atoms with Crippen LogP contribution in [0.1, 0.15) is 33.4 Å². The third-order valence-electron chi connectivity index (χ3n) is 3.09. The number of fused-ring (bicyclic) bond motifs is 1. The van der Waals surface area contributed by atoms with Crippen LogP contribution in [0.4, 0.5) is 5.82 Å². The van der Waals surface area contributed by atoms with Crippen molar-refractivity contribution in [2.24, 2.45) is 0 Å². The summed E-state index contributed by atoms with van der Waals surface area (Å²) in [6.07, 6.45) is 4.68. The summed E-state index contributed by atoms with van der Waals surface area (Å²) < 4.78 is 24.5. The van der Waals surface area contributed by atoms with Gasteiger partial charge in [0.25, 0.3) is 0 Å². The lowest BCUT2D eigenvalue weighted by Crippen LogP contribution is -2.25. The lowest BCUT2D eigenvalue weighted by molar-refractivity contribution is 0.562. The molecule has 0 aliphatic heterocycles. The van der Waals surface area contributed by atoms with Gasteiger partial charge in [0.05, 0.1) is 11.4 Å². The largest absolute Gasteiger partial charge is 0.365 e. The Bertz CT molecular complexity index is 744. The summed E-state index contributed by atoms with van der Waals surface area (Å²) >= 11 is 0. The molecule has 7 heteroatoms. The van der Waals surface area contributed by atoms with E-state index in [2.05, 4.69) is 36.2 Å². The fourth-order valence-corrected chi connectivity index (χ4v) is 3.12. The molecule has 6 nitrogen and oxygen atoms in total. The molecule has 0 amide bonds. The second kappa shape index (κ2) is 5.29. The van der Waals surface area contributed by atoms with E-state index in [-0.39, 0.29) is 17.2 Å². The van der Waals surface area contributed by atoms with E-state index in [4.69, 9.17) is 0 Å². The van der Waals surface area contributed by atoms with Gasteiger partial charge in [0.1, 0.15) is 15.4 Å². The van der Waals surface area contributed by atoms with Gasteiger partial charge in [-0.15, -0.1) is 0 Å². The van der Waals surface area contributed by atoms with Crippen LogP contribution in [-0.2, 0) is 15.3 Å². The van der Waals surface area contributed by atoms with Crippen LogP contribution in [0.15, 0.2) is 18.5 Å². The van der Waals surface area contributed by atoms with E-state index in [1.807, 2.05) is 13.0 Å². The monoisotopic (exact) mass is 310 g/mol. The molecule has 2 aromatic rings. The second-order valence-corrected chi connectivity index (χ2v) is 8.71. The van der Waals surface area contributed by atoms with Crippen LogP contribution in [0.3, 0.4) is 0 Å². The van der Waals surface area contributed by atoms with Gasteiger partial charge in [-0.2, -0.15) is 5.10 Å². The highest BCUT2D eigenvalue weighted by Crippen LogP contribution is 2.24. The maximum absolute atomic E-state index is 11.4. The Balaban J connectivity index is 2.34. The number of aromatic nitrogens is 3. The summed E-state index contributed by atoms with van der Waals surface area (Å²) in [6.45, 7) is 8.12. The molecular formula is C14H22N4O2S. The minimum absolute atomic E-state index is 0.0539. The summed E-state index contributed by atoms with van der Waals surface area (Å²) in [5, 5.41) is 7.70. The molecule has 0 bridgehead atoms. The molecule has 0 aromatic carbocycles. The predicted molar refractivity (Wildman–Crippen MR) is 84.5 cm³/mol. The minimum atomic E-state index is -3.03. The highest BCUT2D eigenvalue weighted by molar-refractivity contribution is 7.90. The van der Waals surface area contributed by atoms with Crippen LogP contribution in [0.5, 0.6) is 0 Å². The zero-order valence-corrected chi connectivity index (χ0v) is 13.9. The van der Waals surface area contributed by atoms with Crippen LogP contribution >= 0.6 is 0 Å². The summed E-state index contributed by atoms with van der Waals surface area (Å²) in [7, 11) is -3.03. The Morgan fingerprint density at radius 1 is 1.38 bits per heavy atom. The third-order valence-corrected chi connectivity index (χ3v) is 4.20. The Labute approximate surface area is 125 Å². The van der Waals surface area contributed by atoms with Crippen molar-refractivity contribution >= 4 is 21.2 Å². The molecule has 2 heterocycles. The maximum Gasteiger partial charge on any atom is 0.152 e. The smallest absolute Gasteiger partial charge is 0.152 e. The standard InChI is InChI=1S/C14H22N4O2S/c1-10(9-21(5,19)20)16-13-11-8-12(14(2,3)4)17-18(11)7-6-15-13/h6-8,10H,9H2,1-5H3,(H,15,16). The Morgan fingerprint density at radius 2 is 2.05 bits per heavy atom. The molecule has 0 saturated carbocycles. The molecular weight excluding hydrogens is 288 g/mol. The van der Waals surface area contributed by atoms with E-state index in [0.29, 0.717) is 5.82 Å². The molecule has 0 aliphatic rings. The minimum Gasteiger partial charge on any atom is -0.365 e. The van der Waals surface area contributed by atoms with Gasteiger partial charge < -0.3 is 5.32 Å². The first-order valence-electron chi connectivity index (χ1n) is 6.85. The van der Waals surface area contributed by atoms with E-state index in [9.17, 15) is 8.42 Å². The van der Waals surface area contributed by atoms with Crippen molar-refractivity contribution in [3.05, 3.63) is 24.2 Å². The SMILES string of the molecule is CC(CS(C)(=O)=O)Nc1nccn2nc(C(C)(C)C)cc12. The number of sulfone groups is 1. The predicted octanol–water partition coefficient (Wildman–Crippen LogP) is 1.87. The van der Waals surface area contributed by atoms with Crippen molar-refractivity contribution in [3.63, 3.8) is 0 Å². The van der Waals surface area contributed by atoms with E-state index in [1.54, 1.807) is 16.9 Å². The third kappa shape index (κ3) is 3.93. The molecule has 1 unspecified atom stereocenters. The van der Waals surface area contributed by atoms with E-state index in [1.165, 1.54) is 6.26 Å². The number of hydrogen-bond donors (Lipinski definition) is 1. The highest BCUT2D eigenvalue weighted by atomic mass is 32.2. The first-order chi connectivity index (χ1) is 9.56. The van der Waals surface area contributed by atoms with Crippen molar-refractivity contribution in [2.45, 2.75) is 39.2 Å². The van der Waals surface area contributed by atoms with E-state index < -0.39 is 9.84 Å². The van der Waals surface area contributed by atoms with Crippen LogP contribution in [0.25, 0.3) is 5.52 Å². The summed E-state index contributed by atoms with van der Waals surface area (Å²) in [5.74, 6) is 0.715. The molecule has 0 radical (unpaired) electrons. The van der Waals surface area contributed by atoms with Crippen molar-refractivity contribution in [2.75, 3.05) is 17.3 Å². The van der Waals surface area contributed by atoms with Crippen LogP contribution in [-0.4, -0.2) is 41.1 Å². The van der Waals surface area contributed by atoms with Gasteiger partial charge in [-0.25, -0.2) is 17.9 Å². The number of nitrogens with one attached hydrogen (secondary N) is 1. The van der Waals surface area contributed by atoms with Crippen LogP contribution < -0.4 is 5.32 Å². The van der Waals surface area contributed by atoms with Crippen LogP contribution in [0, 0.1) is 0 Å². The van der Waals surface area contributed by atoms with E-state index >= 15 is 0 Å². The second-order valence-electron chi connectivity index (χ2n) is 6.52. The lowest BCUT2D eigenvalue weighted by Gasteiger charge is -2.14. The first-order valence-corrected chi connectivity index (χ1v) is 8.91. The molecule has 0 aliphatic carbocycles. The van der Waals surface area contributed by atoms with Crippen molar-refractivity contribution in [3.8, 4) is 0 Å². The molecule has 0 fully saturated rings. The highest BCUT2D eigenvalue weighted by Gasteiger charge is 2.20. The Hall–Kier alpha value is -1.63. The topological polar surface area (TPSA) is 76.4 Å². The molecule has 0 spiro atoms. The van der Waals surface area contributed by atoms with Crippen molar-refractivity contribution < 1.29 is 8.42 Å². The van der Waals surface area contributed by atoms with Gasteiger partial charge in [-0.3, -0.25) is 0 Å². The molecule has 2 rings (SSSR count). The summed E-state index contributed by atoms with van der Waals surface area (Å²) in [4.78, 5) is 4.31. The number of nitrogens with zero attached hydrogens (tertiary/aromatic N) is 3. The van der Waals surface area contributed by atoms with Gasteiger partial charge in [0.2, 0.25) is 0 Å². The first kappa shape index (κ1) is 15.8. The van der Waals surface area contributed by atoms with Crippen molar-refractivity contribution in [1.29, 1.82) is 0 Å². The lowest BCUT2D eigenvalue weighted by atomic mass is 9.92. The molecule has 0 saturated heterocycles. The summed E-state index contributed by atoms with van der Waals surface area (Å²) in [6, 6.07) is 1.77. The normalized spacial score (nSPS) is 14.3. The van der Waals surface area contributed by atoms with E-state index in [0.717, 1.165) is 11.2 Å². The Morgan fingerprint density at radius 3 is 2.62 bits per heavy atom. The molecule has 1 N–H and O–H groups in total. The number of hydrogen-bond acceptors (Lipinski definition) is 5. The van der Waals surface area contributed by atoms with Gasteiger partial charge >= 0.3 is 0 Å². The quantitative estimate of drug-likeness (QED) is 0.933. The Kier molecular flexibility index (Phi) is 3.97. The zero-order chi connectivity index (χ0) is 15.8. The maximum atomic E-state index is 11.4.